The Morgan fingerprint density at radius 3 is 2.48 bits per heavy atom. The molecule has 9 nitrogen and oxygen atoms in total. The van der Waals surface area contributed by atoms with Gasteiger partial charge in [-0.25, -0.2) is 14.5 Å². The van der Waals surface area contributed by atoms with Crippen LogP contribution in [0.3, 0.4) is 0 Å². The highest BCUT2D eigenvalue weighted by atomic mass is 16.5. The first kappa shape index (κ1) is 20.1. The average molecular weight is 398 g/mol. The maximum absolute atomic E-state index is 13.1. The van der Waals surface area contributed by atoms with Crippen LogP contribution in [0.1, 0.15) is 46.3 Å². The van der Waals surface area contributed by atoms with Crippen molar-refractivity contribution in [3.63, 3.8) is 0 Å². The van der Waals surface area contributed by atoms with Crippen molar-refractivity contribution in [2.24, 2.45) is 0 Å². The van der Waals surface area contributed by atoms with Crippen molar-refractivity contribution in [1.29, 1.82) is 0 Å². The van der Waals surface area contributed by atoms with Crippen LogP contribution in [0.25, 0.3) is 11.0 Å². The fraction of sp³-hybridized carbons (Fsp3) is 0.300. The second-order valence-corrected chi connectivity index (χ2v) is 6.75. The Hall–Kier alpha value is -3.62. The van der Waals surface area contributed by atoms with Gasteiger partial charge in [0.15, 0.2) is 17.1 Å². The van der Waals surface area contributed by atoms with E-state index in [1.54, 1.807) is 23.9 Å². The summed E-state index contributed by atoms with van der Waals surface area (Å²) in [6, 6.07) is 4.39. The summed E-state index contributed by atoms with van der Waals surface area (Å²) >= 11 is 0. The number of benzene rings is 1. The summed E-state index contributed by atoms with van der Waals surface area (Å²) in [6.07, 6.45) is 1.60. The molecule has 0 radical (unpaired) electrons. The standard InChI is InChI=1S/C20H22N4O5/c1-10(2)24-18-14(9-21-24)13(6-11(3)22-18)19(25)23-15-7-12(20(26)27)8-16(28-4)17(15)29-5/h6-10H,1-5H3,(H,23,25)(H,26,27). The van der Waals surface area contributed by atoms with Gasteiger partial charge in [-0.05, 0) is 39.0 Å². The summed E-state index contributed by atoms with van der Waals surface area (Å²) in [5.41, 5.74) is 1.79. The third-order valence-electron chi connectivity index (χ3n) is 4.40. The van der Waals surface area contributed by atoms with Crippen LogP contribution >= 0.6 is 0 Å². The molecule has 0 aliphatic carbocycles. The van der Waals surface area contributed by atoms with Gasteiger partial charge in [-0.3, -0.25) is 4.79 Å². The van der Waals surface area contributed by atoms with Crippen LogP contribution in [0.5, 0.6) is 11.5 Å². The molecule has 2 N–H and O–H groups in total. The Bertz CT molecular complexity index is 1100. The molecule has 0 saturated carbocycles. The maximum atomic E-state index is 13.1. The lowest BCUT2D eigenvalue weighted by molar-refractivity contribution is 0.0696. The minimum atomic E-state index is -1.15. The van der Waals surface area contributed by atoms with Crippen molar-refractivity contribution in [1.82, 2.24) is 14.8 Å². The molecular formula is C20H22N4O5. The summed E-state index contributed by atoms with van der Waals surface area (Å²) in [5.74, 6) is -1.16. The SMILES string of the molecule is COc1cc(C(=O)O)cc(NC(=O)c2cc(C)nc3c2cnn3C(C)C)c1OC. The van der Waals surface area contributed by atoms with Gasteiger partial charge < -0.3 is 19.9 Å². The van der Waals surface area contributed by atoms with Crippen LogP contribution in [-0.2, 0) is 0 Å². The summed E-state index contributed by atoms with van der Waals surface area (Å²) in [5, 5.41) is 17.0. The van der Waals surface area contributed by atoms with E-state index in [0.717, 1.165) is 0 Å². The van der Waals surface area contributed by atoms with Crippen LogP contribution < -0.4 is 14.8 Å². The Kier molecular flexibility index (Phi) is 5.40. The normalized spacial score (nSPS) is 11.0. The Morgan fingerprint density at radius 2 is 1.90 bits per heavy atom. The number of carbonyl (C=O) groups is 2. The predicted octanol–water partition coefficient (Wildman–Crippen LogP) is 3.29. The van der Waals surface area contributed by atoms with E-state index >= 15 is 0 Å². The minimum absolute atomic E-state index is 0.0402. The van der Waals surface area contributed by atoms with E-state index in [9.17, 15) is 14.7 Å². The number of hydrogen-bond acceptors (Lipinski definition) is 6. The van der Waals surface area contributed by atoms with Gasteiger partial charge in [0.1, 0.15) is 0 Å². The lowest BCUT2D eigenvalue weighted by atomic mass is 10.1. The summed E-state index contributed by atoms with van der Waals surface area (Å²) < 4.78 is 12.3. The van der Waals surface area contributed by atoms with Gasteiger partial charge in [-0.15, -0.1) is 0 Å². The number of fused-ring (bicyclic) bond motifs is 1. The molecule has 0 saturated heterocycles. The molecule has 152 valence electrons. The van der Waals surface area contributed by atoms with E-state index in [1.807, 2.05) is 13.8 Å². The van der Waals surface area contributed by atoms with Crippen LogP contribution in [0.15, 0.2) is 24.4 Å². The lowest BCUT2D eigenvalue weighted by Crippen LogP contribution is -2.15. The number of carboxylic acids is 1. The van der Waals surface area contributed by atoms with E-state index < -0.39 is 11.9 Å². The molecule has 1 aromatic carbocycles. The first-order valence-corrected chi connectivity index (χ1v) is 8.92. The zero-order chi connectivity index (χ0) is 21.3. The number of nitrogens with zero attached hydrogens (tertiary/aromatic N) is 3. The van der Waals surface area contributed by atoms with Crippen molar-refractivity contribution in [3.8, 4) is 11.5 Å². The predicted molar refractivity (Wildman–Crippen MR) is 107 cm³/mol. The molecule has 0 spiro atoms. The number of hydrogen-bond donors (Lipinski definition) is 2. The Balaban J connectivity index is 2.10. The highest BCUT2D eigenvalue weighted by Gasteiger charge is 2.21. The number of methoxy groups -OCH3 is 2. The lowest BCUT2D eigenvalue weighted by Gasteiger charge is -2.15. The van der Waals surface area contributed by atoms with Gasteiger partial charge in [0.25, 0.3) is 5.91 Å². The van der Waals surface area contributed by atoms with E-state index in [-0.39, 0.29) is 28.8 Å². The van der Waals surface area contributed by atoms with Crippen molar-refractivity contribution >= 4 is 28.6 Å². The molecule has 1 amide bonds. The smallest absolute Gasteiger partial charge is 0.335 e. The van der Waals surface area contributed by atoms with E-state index in [1.165, 1.54) is 26.4 Å². The fourth-order valence-electron chi connectivity index (χ4n) is 3.08. The highest BCUT2D eigenvalue weighted by Crippen LogP contribution is 2.37. The number of anilines is 1. The number of amides is 1. The van der Waals surface area contributed by atoms with Crippen molar-refractivity contribution < 1.29 is 24.2 Å². The molecule has 0 fully saturated rings. The number of pyridine rings is 1. The number of aromatic carboxylic acids is 1. The molecule has 0 aliphatic rings. The van der Waals surface area contributed by atoms with Crippen LogP contribution in [-0.4, -0.2) is 46.0 Å². The second-order valence-electron chi connectivity index (χ2n) is 6.75. The van der Waals surface area contributed by atoms with Gasteiger partial charge in [0, 0.05) is 11.7 Å². The van der Waals surface area contributed by atoms with Gasteiger partial charge in [-0.1, -0.05) is 0 Å². The van der Waals surface area contributed by atoms with Gasteiger partial charge in [0.2, 0.25) is 0 Å². The third-order valence-corrected chi connectivity index (χ3v) is 4.40. The molecule has 0 atom stereocenters. The molecule has 9 heteroatoms. The minimum Gasteiger partial charge on any atom is -0.493 e. The first-order valence-electron chi connectivity index (χ1n) is 8.92. The number of aromatic nitrogens is 3. The quantitative estimate of drug-likeness (QED) is 0.654. The van der Waals surface area contributed by atoms with E-state index in [2.05, 4.69) is 15.4 Å². The van der Waals surface area contributed by atoms with Crippen LogP contribution in [0.2, 0.25) is 0 Å². The monoisotopic (exact) mass is 398 g/mol. The maximum Gasteiger partial charge on any atom is 0.335 e. The van der Waals surface area contributed by atoms with Gasteiger partial charge >= 0.3 is 5.97 Å². The topological polar surface area (TPSA) is 116 Å². The molecule has 3 aromatic rings. The highest BCUT2D eigenvalue weighted by molar-refractivity contribution is 6.13. The molecule has 2 heterocycles. The molecule has 0 bridgehead atoms. The molecule has 0 unspecified atom stereocenters. The Labute approximate surface area is 167 Å². The number of rotatable bonds is 6. The van der Waals surface area contributed by atoms with Gasteiger partial charge in [0.05, 0.1) is 42.6 Å². The second kappa shape index (κ2) is 7.78. The molecule has 2 aromatic heterocycles. The summed E-state index contributed by atoms with van der Waals surface area (Å²) in [6.45, 7) is 5.75. The molecule has 0 aliphatic heterocycles. The van der Waals surface area contributed by atoms with Crippen molar-refractivity contribution in [2.45, 2.75) is 26.8 Å². The summed E-state index contributed by atoms with van der Waals surface area (Å²) in [4.78, 5) is 29.0. The third kappa shape index (κ3) is 3.71. The summed E-state index contributed by atoms with van der Waals surface area (Å²) in [7, 11) is 2.81. The molecule has 3 rings (SSSR count). The fourth-order valence-corrected chi connectivity index (χ4v) is 3.08. The number of aryl methyl sites for hydroxylation is 1. The number of nitrogens with one attached hydrogen (secondary N) is 1. The first-order chi connectivity index (χ1) is 13.8. The van der Waals surface area contributed by atoms with Crippen molar-refractivity contribution in [3.05, 3.63) is 41.2 Å². The van der Waals surface area contributed by atoms with Crippen molar-refractivity contribution in [2.75, 3.05) is 19.5 Å². The Morgan fingerprint density at radius 1 is 1.17 bits per heavy atom. The number of ether oxygens (including phenoxy) is 2. The molecular weight excluding hydrogens is 376 g/mol. The number of carbonyl (C=O) groups excluding carboxylic acids is 1. The van der Waals surface area contributed by atoms with Crippen LogP contribution in [0, 0.1) is 6.92 Å². The average Bonchev–Trinajstić information content (AvgIpc) is 3.10. The largest absolute Gasteiger partial charge is 0.493 e. The zero-order valence-corrected chi connectivity index (χ0v) is 16.8. The van der Waals surface area contributed by atoms with Crippen LogP contribution in [0.4, 0.5) is 5.69 Å². The van der Waals surface area contributed by atoms with Gasteiger partial charge in [-0.2, -0.15) is 5.10 Å². The zero-order valence-electron chi connectivity index (χ0n) is 16.8. The van der Waals surface area contributed by atoms with E-state index in [0.29, 0.717) is 22.3 Å². The molecule has 29 heavy (non-hydrogen) atoms. The van der Waals surface area contributed by atoms with E-state index in [4.69, 9.17) is 9.47 Å². The number of carboxylic acid groups (broad SMARTS) is 1.